The number of ketones is 2. The summed E-state index contributed by atoms with van der Waals surface area (Å²) in [5.74, 6) is 6.25. The second kappa shape index (κ2) is 21.2. The third kappa shape index (κ3) is 12.3. The molecule has 10 heteroatoms. The van der Waals surface area contributed by atoms with Crippen LogP contribution in [-0.2, 0) is 35.3 Å². The summed E-state index contributed by atoms with van der Waals surface area (Å²) in [7, 11) is 0. The van der Waals surface area contributed by atoms with Gasteiger partial charge in [0.15, 0.2) is 5.78 Å². The molecule has 2 fully saturated rings. The van der Waals surface area contributed by atoms with Crippen LogP contribution in [-0.4, -0.2) is 26.6 Å². The van der Waals surface area contributed by atoms with Crippen LogP contribution in [0.5, 0.6) is 0 Å². The van der Waals surface area contributed by atoms with Gasteiger partial charge in [-0.05, 0) is 135 Å². The van der Waals surface area contributed by atoms with Crippen molar-refractivity contribution in [1.82, 2.24) is 9.97 Å². The molecule has 0 saturated heterocycles. The Labute approximate surface area is 350 Å². The molecule has 3 atom stereocenters. The first-order chi connectivity index (χ1) is 27.1. The number of carbonyl (C=O) groups is 2. The topological polar surface area (TPSA) is 157 Å². The van der Waals surface area contributed by atoms with Gasteiger partial charge in [0, 0.05) is 41.6 Å². The number of aromatic amines is 1. The van der Waals surface area contributed by atoms with Gasteiger partial charge in [0.05, 0.1) is 17.5 Å². The van der Waals surface area contributed by atoms with E-state index in [-0.39, 0.29) is 5.78 Å². The van der Waals surface area contributed by atoms with Gasteiger partial charge in [-0.15, -0.1) is 11.3 Å². The van der Waals surface area contributed by atoms with Crippen molar-refractivity contribution in [2.75, 3.05) is 5.73 Å². The molecule has 308 valence electrons. The molecule has 0 bridgehead atoms. The number of anilines is 1. The van der Waals surface area contributed by atoms with Gasteiger partial charge in [-0.25, -0.2) is 4.98 Å². The summed E-state index contributed by atoms with van der Waals surface area (Å²) in [6.07, 6.45) is 14.0. The summed E-state index contributed by atoms with van der Waals surface area (Å²) in [5, 5.41) is 27.8. The van der Waals surface area contributed by atoms with E-state index < -0.39 is 0 Å². The molecule has 0 aliphatic heterocycles. The van der Waals surface area contributed by atoms with Crippen molar-refractivity contribution in [3.05, 3.63) is 61.6 Å². The number of nitriles is 2. The number of nitrogens with zero attached hydrogens (tertiary/aromatic N) is 3. The molecule has 3 unspecified atom stereocenters. The number of aliphatic hydroxyl groups excluding tert-OH is 1. The number of Topliss-reactive ketones (excluding diaryl/α,β-unsaturated/α-hetero) is 2. The van der Waals surface area contributed by atoms with Crippen molar-refractivity contribution in [1.29, 1.82) is 10.5 Å². The van der Waals surface area contributed by atoms with E-state index in [4.69, 9.17) is 38.6 Å². The van der Waals surface area contributed by atoms with Crippen LogP contribution in [0.4, 0.5) is 5.69 Å². The Bertz CT molecular complexity index is 2030. The first-order valence-electron chi connectivity index (χ1n) is 21.2. The number of aliphatic hydroxyl groups is 1. The smallest absolute Gasteiger partial charge is 0.161 e. The number of nitrogens with two attached hydrogens (primary N) is 1. The number of pyridine rings is 2. The molecule has 8 nitrogen and oxygen atoms in total. The molecule has 0 spiro atoms. The number of fused-ring (bicyclic) bond motifs is 3. The number of nitrogen functional groups attached to an aromatic ring is 1. The Kier molecular flexibility index (Phi) is 17.1. The fourth-order valence-corrected chi connectivity index (χ4v) is 9.67. The molecule has 3 aromatic heterocycles. The Hall–Kier alpha value is -3.86. The predicted molar refractivity (Wildman–Crippen MR) is 235 cm³/mol. The maximum absolute atomic E-state index is 11.2. The van der Waals surface area contributed by atoms with Gasteiger partial charge in [0.2, 0.25) is 0 Å². The van der Waals surface area contributed by atoms with Crippen molar-refractivity contribution in [3.8, 4) is 12.1 Å². The first-order valence-corrected chi connectivity index (χ1v) is 22.4. The Morgan fingerprint density at radius 2 is 1.33 bits per heavy atom. The number of nitrogens with one attached hydrogen (secondary N) is 1. The molecule has 57 heavy (non-hydrogen) atoms. The Morgan fingerprint density at radius 3 is 1.89 bits per heavy atom. The molecular formula is C47H65N5O3S2. The number of allylic oxidation sites excluding steroid dienone is 1. The molecular weight excluding hydrogens is 747 g/mol. The molecule has 3 heterocycles. The highest BCUT2D eigenvalue weighted by Gasteiger charge is 2.27. The normalized spacial score (nSPS) is 21.4. The minimum atomic E-state index is 0.120. The van der Waals surface area contributed by atoms with E-state index in [1.807, 2.05) is 6.07 Å². The number of rotatable bonds is 4. The molecule has 7 rings (SSSR count). The summed E-state index contributed by atoms with van der Waals surface area (Å²) in [4.78, 5) is 31.4. The van der Waals surface area contributed by atoms with Crippen LogP contribution in [0.15, 0.2) is 24.0 Å². The van der Waals surface area contributed by atoms with Gasteiger partial charge < -0.3 is 15.8 Å². The lowest BCUT2D eigenvalue weighted by Gasteiger charge is -2.27. The van der Waals surface area contributed by atoms with E-state index in [1.54, 1.807) is 0 Å². The summed E-state index contributed by atoms with van der Waals surface area (Å²) in [6.45, 7) is 17.9. The van der Waals surface area contributed by atoms with E-state index in [0.717, 1.165) is 104 Å². The van der Waals surface area contributed by atoms with Crippen molar-refractivity contribution in [2.24, 2.45) is 47.3 Å². The standard InChI is InChI=1S/C15H17N3S.C13H16N2S.C10H16O2.C9H16O/c1-8(2)9-3-4-12-10(5-9)6-11-14(17)13(7-16)19-15(11)18-12;1-8(2)9-3-4-12-10(5-9)6-11(7-14)13(16)15-12;1-7(2)8-3-4-10(12)9(5-8)6-11;1-7(2)8-3-5-9(10)6-4-8/h6,8-9H,3-5,17H2,1-2H3;6,8-9H,3-5H2,1-2H3,(H,15,16);6-8,11H,3-5H2,1-2H3;7-8H,3-6H2,1-2H3/b;;9-6-;. The van der Waals surface area contributed by atoms with Crippen LogP contribution >= 0.6 is 23.6 Å². The molecule has 2 saturated carbocycles. The predicted octanol–water partition coefficient (Wildman–Crippen LogP) is 11.7. The fraction of sp³-hybridized carbons (Fsp3) is 0.617. The highest BCUT2D eigenvalue weighted by atomic mass is 32.1. The average molecular weight is 812 g/mol. The largest absolute Gasteiger partial charge is 0.515 e. The van der Waals surface area contributed by atoms with Crippen LogP contribution in [0.2, 0.25) is 0 Å². The second-order valence-electron chi connectivity index (χ2n) is 18.0. The number of carbonyl (C=O) groups excluding carboxylic acids is 2. The van der Waals surface area contributed by atoms with Gasteiger partial charge in [0.25, 0.3) is 0 Å². The summed E-state index contributed by atoms with van der Waals surface area (Å²) >= 11 is 6.55. The zero-order chi connectivity index (χ0) is 42.0. The monoisotopic (exact) mass is 811 g/mol. The zero-order valence-corrected chi connectivity index (χ0v) is 37.2. The zero-order valence-electron chi connectivity index (χ0n) is 35.5. The van der Waals surface area contributed by atoms with Crippen molar-refractivity contribution in [2.45, 2.75) is 139 Å². The number of aryl methyl sites for hydroxylation is 2. The van der Waals surface area contributed by atoms with Crippen molar-refractivity contribution < 1.29 is 14.7 Å². The summed E-state index contributed by atoms with van der Waals surface area (Å²) < 4.78 is 0.587. The summed E-state index contributed by atoms with van der Waals surface area (Å²) in [6, 6.07) is 8.45. The van der Waals surface area contributed by atoms with E-state index in [0.29, 0.717) is 62.2 Å². The first kappa shape index (κ1) is 45.8. The highest BCUT2D eigenvalue weighted by molar-refractivity contribution is 7.71. The molecule has 4 aliphatic rings. The second-order valence-corrected chi connectivity index (χ2v) is 19.4. The number of thiophene rings is 1. The number of H-pyrrole nitrogens is 1. The highest BCUT2D eigenvalue weighted by Crippen LogP contribution is 2.37. The Balaban J connectivity index is 0.000000174. The van der Waals surface area contributed by atoms with E-state index >= 15 is 0 Å². The average Bonchev–Trinajstić information content (AvgIpc) is 3.50. The fourth-order valence-electron chi connectivity index (χ4n) is 8.55. The van der Waals surface area contributed by atoms with Gasteiger partial charge >= 0.3 is 0 Å². The number of hydrogen-bond acceptors (Lipinski definition) is 9. The molecule has 4 N–H and O–H groups in total. The van der Waals surface area contributed by atoms with Crippen LogP contribution in [0.3, 0.4) is 0 Å². The lowest BCUT2D eigenvalue weighted by atomic mass is 9.79. The van der Waals surface area contributed by atoms with Crippen LogP contribution in [0.1, 0.15) is 146 Å². The number of aromatic nitrogens is 2. The molecule has 3 aromatic rings. The lowest BCUT2D eigenvalue weighted by Crippen LogP contribution is -2.20. The van der Waals surface area contributed by atoms with Gasteiger partial charge in [-0.2, -0.15) is 10.5 Å². The minimum Gasteiger partial charge on any atom is -0.515 e. The lowest BCUT2D eigenvalue weighted by molar-refractivity contribution is -0.121. The van der Waals surface area contributed by atoms with E-state index in [2.05, 4.69) is 78.6 Å². The molecule has 0 amide bonds. The molecule has 4 aliphatic carbocycles. The summed E-state index contributed by atoms with van der Waals surface area (Å²) in [5.41, 5.74) is 12.9. The van der Waals surface area contributed by atoms with Crippen molar-refractivity contribution >= 4 is 51.0 Å². The maximum Gasteiger partial charge on any atom is 0.161 e. The van der Waals surface area contributed by atoms with Gasteiger partial charge in [0.1, 0.15) is 32.3 Å². The SMILES string of the molecule is CC(C)C1CCC(=O)/C(=C\O)C1.CC(C)C1CCC(=O)CC1.CC(C)C1CCc2[nH]c(=S)c(C#N)cc2C1.CC(C)C1CCc2nc3sc(C#N)c(N)c3cc2C1. The Morgan fingerprint density at radius 1 is 0.789 bits per heavy atom. The maximum atomic E-state index is 11.2. The van der Waals surface area contributed by atoms with E-state index in [9.17, 15) is 9.59 Å². The van der Waals surface area contributed by atoms with E-state index in [1.165, 1.54) is 46.7 Å². The minimum absolute atomic E-state index is 0.120. The quantitative estimate of drug-likeness (QED) is 0.133. The molecule has 0 aromatic carbocycles. The third-order valence-corrected chi connectivity index (χ3v) is 14.2. The van der Waals surface area contributed by atoms with Crippen LogP contribution in [0, 0.1) is 74.6 Å². The van der Waals surface area contributed by atoms with Crippen LogP contribution < -0.4 is 5.73 Å². The van der Waals surface area contributed by atoms with Crippen LogP contribution in [0.25, 0.3) is 10.2 Å². The molecule has 0 radical (unpaired) electrons. The third-order valence-electron chi connectivity index (χ3n) is 12.9. The number of hydrogen-bond donors (Lipinski definition) is 3. The van der Waals surface area contributed by atoms with Gasteiger partial charge in [-0.3, -0.25) is 9.59 Å². The van der Waals surface area contributed by atoms with Crippen molar-refractivity contribution in [3.63, 3.8) is 0 Å². The van der Waals surface area contributed by atoms with Gasteiger partial charge in [-0.1, -0.05) is 67.6 Å².